The van der Waals surface area contributed by atoms with Crippen LogP contribution < -0.4 is 0 Å². The summed E-state index contributed by atoms with van der Waals surface area (Å²) >= 11 is 0. The van der Waals surface area contributed by atoms with Crippen molar-refractivity contribution in [1.82, 2.24) is 4.90 Å². The first kappa shape index (κ1) is 11.9. The van der Waals surface area contributed by atoms with Crippen LogP contribution in [0.5, 0.6) is 0 Å². The van der Waals surface area contributed by atoms with Crippen molar-refractivity contribution in [3.8, 4) is 0 Å². The van der Waals surface area contributed by atoms with Crippen LogP contribution in [0.4, 0.5) is 0 Å². The summed E-state index contributed by atoms with van der Waals surface area (Å²) in [6.45, 7) is 3.28. The van der Waals surface area contributed by atoms with Crippen molar-refractivity contribution >= 4 is 0 Å². The van der Waals surface area contributed by atoms with Crippen molar-refractivity contribution in [3.05, 3.63) is 0 Å². The minimum Gasteiger partial charge on any atom is -0.381 e. The van der Waals surface area contributed by atoms with Crippen molar-refractivity contribution in [2.45, 2.75) is 56.7 Å². The molecule has 2 unspecified atom stereocenters. The van der Waals surface area contributed by atoms with Crippen molar-refractivity contribution in [2.24, 2.45) is 5.92 Å². The lowest BCUT2D eigenvalue weighted by Gasteiger charge is -2.40. The Kier molecular flexibility index (Phi) is 3.69. The molecule has 0 aromatic heterocycles. The fraction of sp³-hybridized carbons (Fsp3) is 1.00. The minimum absolute atomic E-state index is 0.526. The van der Waals surface area contributed by atoms with Gasteiger partial charge in [-0.2, -0.15) is 0 Å². The number of ether oxygens (including phenoxy) is 2. The molecular weight excluding hydrogens is 214 g/mol. The second-order valence-corrected chi connectivity index (χ2v) is 5.97. The van der Waals surface area contributed by atoms with Gasteiger partial charge in [0, 0.05) is 39.0 Å². The number of hydrogen-bond acceptors (Lipinski definition) is 3. The SMILES string of the molecule is COC1CC2CCC(C1)N2CC1CCOCC1. The van der Waals surface area contributed by atoms with E-state index in [0.717, 1.165) is 31.2 Å². The number of hydrogen-bond donors (Lipinski definition) is 0. The number of piperidine rings is 1. The summed E-state index contributed by atoms with van der Waals surface area (Å²) in [4.78, 5) is 2.80. The summed E-state index contributed by atoms with van der Waals surface area (Å²) in [7, 11) is 1.87. The standard InChI is InChI=1S/C14H25NO2/c1-16-14-8-12-2-3-13(9-14)15(12)10-11-4-6-17-7-5-11/h11-14H,2-10H2,1H3. The third-order valence-electron chi connectivity index (χ3n) is 4.98. The Morgan fingerprint density at radius 1 is 1.06 bits per heavy atom. The number of nitrogens with zero attached hydrogens (tertiary/aromatic N) is 1. The average molecular weight is 239 g/mol. The summed E-state index contributed by atoms with van der Waals surface area (Å²) in [5, 5.41) is 0. The molecule has 3 aliphatic rings. The highest BCUT2D eigenvalue weighted by Crippen LogP contribution is 2.37. The zero-order valence-electron chi connectivity index (χ0n) is 10.9. The highest BCUT2D eigenvalue weighted by Gasteiger charge is 2.41. The molecule has 0 aromatic carbocycles. The lowest BCUT2D eigenvalue weighted by molar-refractivity contribution is -0.0122. The van der Waals surface area contributed by atoms with Crippen LogP contribution in [0.25, 0.3) is 0 Å². The number of fused-ring (bicyclic) bond motifs is 2. The van der Waals surface area contributed by atoms with Gasteiger partial charge in [-0.25, -0.2) is 0 Å². The Hall–Kier alpha value is -0.120. The zero-order chi connectivity index (χ0) is 11.7. The van der Waals surface area contributed by atoms with E-state index in [-0.39, 0.29) is 0 Å². The first-order chi connectivity index (χ1) is 8.36. The molecule has 0 amide bonds. The smallest absolute Gasteiger partial charge is 0.0601 e. The highest BCUT2D eigenvalue weighted by atomic mass is 16.5. The Labute approximate surface area is 104 Å². The Morgan fingerprint density at radius 2 is 1.71 bits per heavy atom. The molecule has 3 heteroatoms. The molecule has 3 nitrogen and oxygen atoms in total. The molecule has 0 radical (unpaired) electrons. The van der Waals surface area contributed by atoms with Gasteiger partial charge in [-0.05, 0) is 44.4 Å². The number of methoxy groups -OCH3 is 1. The van der Waals surface area contributed by atoms with E-state index in [1.54, 1.807) is 0 Å². The van der Waals surface area contributed by atoms with Gasteiger partial charge in [-0.3, -0.25) is 4.90 Å². The maximum Gasteiger partial charge on any atom is 0.0601 e. The molecule has 3 heterocycles. The minimum atomic E-state index is 0.526. The van der Waals surface area contributed by atoms with Crippen LogP contribution >= 0.6 is 0 Å². The van der Waals surface area contributed by atoms with Crippen LogP contribution in [0.3, 0.4) is 0 Å². The monoisotopic (exact) mass is 239 g/mol. The molecule has 0 saturated carbocycles. The molecule has 3 fully saturated rings. The van der Waals surface area contributed by atoms with Crippen LogP contribution in [0.2, 0.25) is 0 Å². The molecule has 3 aliphatic heterocycles. The highest BCUT2D eigenvalue weighted by molar-refractivity contribution is 4.96. The normalized spacial score (nSPS) is 39.7. The summed E-state index contributed by atoms with van der Waals surface area (Å²) in [6.07, 6.45) is 8.37. The third kappa shape index (κ3) is 2.51. The van der Waals surface area contributed by atoms with E-state index in [4.69, 9.17) is 9.47 Å². The summed E-state index contributed by atoms with van der Waals surface area (Å²) in [5.41, 5.74) is 0. The van der Waals surface area contributed by atoms with E-state index in [1.807, 2.05) is 7.11 Å². The van der Waals surface area contributed by atoms with Gasteiger partial charge < -0.3 is 9.47 Å². The fourth-order valence-corrected chi connectivity index (χ4v) is 3.94. The van der Waals surface area contributed by atoms with Gasteiger partial charge in [0.15, 0.2) is 0 Å². The summed E-state index contributed by atoms with van der Waals surface area (Å²) in [6, 6.07) is 1.61. The molecule has 2 bridgehead atoms. The van der Waals surface area contributed by atoms with Gasteiger partial charge in [0.05, 0.1) is 6.10 Å². The van der Waals surface area contributed by atoms with Crippen molar-refractivity contribution in [1.29, 1.82) is 0 Å². The molecule has 17 heavy (non-hydrogen) atoms. The maximum absolute atomic E-state index is 5.56. The molecule has 3 rings (SSSR count). The second-order valence-electron chi connectivity index (χ2n) is 5.97. The molecule has 0 aromatic rings. The van der Waals surface area contributed by atoms with Gasteiger partial charge in [-0.1, -0.05) is 0 Å². The Balaban J connectivity index is 1.57. The summed E-state index contributed by atoms with van der Waals surface area (Å²) in [5.74, 6) is 0.881. The molecular formula is C14H25NO2. The maximum atomic E-state index is 5.56. The topological polar surface area (TPSA) is 21.7 Å². The Bertz CT molecular complexity index is 239. The fourth-order valence-electron chi connectivity index (χ4n) is 3.94. The molecule has 0 N–H and O–H groups in total. The van der Waals surface area contributed by atoms with E-state index < -0.39 is 0 Å². The molecule has 0 spiro atoms. The van der Waals surface area contributed by atoms with Gasteiger partial charge in [-0.15, -0.1) is 0 Å². The van der Waals surface area contributed by atoms with Crippen molar-refractivity contribution < 1.29 is 9.47 Å². The van der Waals surface area contributed by atoms with Crippen LogP contribution in [-0.2, 0) is 9.47 Å². The van der Waals surface area contributed by atoms with E-state index in [0.29, 0.717) is 6.10 Å². The number of rotatable bonds is 3. The van der Waals surface area contributed by atoms with Gasteiger partial charge in [0.25, 0.3) is 0 Å². The molecule has 3 saturated heterocycles. The third-order valence-corrected chi connectivity index (χ3v) is 4.98. The molecule has 0 aliphatic carbocycles. The largest absolute Gasteiger partial charge is 0.381 e. The Morgan fingerprint density at radius 3 is 2.29 bits per heavy atom. The molecule has 98 valence electrons. The second kappa shape index (κ2) is 5.25. The predicted molar refractivity (Wildman–Crippen MR) is 67.1 cm³/mol. The van der Waals surface area contributed by atoms with Gasteiger partial charge >= 0.3 is 0 Å². The van der Waals surface area contributed by atoms with Gasteiger partial charge in [0.1, 0.15) is 0 Å². The van der Waals surface area contributed by atoms with E-state index in [2.05, 4.69) is 4.90 Å². The average Bonchev–Trinajstić information content (AvgIpc) is 2.63. The van der Waals surface area contributed by atoms with Crippen molar-refractivity contribution in [2.75, 3.05) is 26.9 Å². The van der Waals surface area contributed by atoms with Crippen LogP contribution in [0.15, 0.2) is 0 Å². The lowest BCUT2D eigenvalue weighted by atomic mass is 9.94. The van der Waals surface area contributed by atoms with Crippen LogP contribution in [0.1, 0.15) is 38.5 Å². The lowest BCUT2D eigenvalue weighted by Crippen LogP contribution is -2.47. The first-order valence-corrected chi connectivity index (χ1v) is 7.23. The van der Waals surface area contributed by atoms with E-state index >= 15 is 0 Å². The zero-order valence-corrected chi connectivity index (χ0v) is 10.9. The summed E-state index contributed by atoms with van der Waals surface area (Å²) < 4.78 is 11.0. The first-order valence-electron chi connectivity index (χ1n) is 7.23. The van der Waals surface area contributed by atoms with Gasteiger partial charge in [0.2, 0.25) is 0 Å². The predicted octanol–water partition coefficient (Wildman–Crippen LogP) is 2.05. The van der Waals surface area contributed by atoms with Crippen molar-refractivity contribution in [3.63, 3.8) is 0 Å². The van der Waals surface area contributed by atoms with E-state index in [9.17, 15) is 0 Å². The quantitative estimate of drug-likeness (QED) is 0.752. The van der Waals surface area contributed by atoms with E-state index in [1.165, 1.54) is 45.1 Å². The molecule has 2 atom stereocenters. The van der Waals surface area contributed by atoms with Crippen LogP contribution in [-0.4, -0.2) is 50.0 Å². The van der Waals surface area contributed by atoms with Crippen LogP contribution in [0, 0.1) is 5.92 Å².